The van der Waals surface area contributed by atoms with Gasteiger partial charge in [0.05, 0.1) is 12.6 Å². The van der Waals surface area contributed by atoms with E-state index < -0.39 is 0 Å². The molecule has 4 nitrogen and oxygen atoms in total. The molecule has 0 aromatic rings. The van der Waals surface area contributed by atoms with Crippen molar-refractivity contribution in [3.05, 3.63) is 0 Å². The number of nitrogens with one attached hydrogen (secondary N) is 1. The molecular weight excluding hydrogens is 252 g/mol. The van der Waals surface area contributed by atoms with E-state index in [-0.39, 0.29) is 11.3 Å². The maximum Gasteiger partial charge on any atom is 0.236 e. The van der Waals surface area contributed by atoms with Gasteiger partial charge in [-0.25, -0.2) is 0 Å². The summed E-state index contributed by atoms with van der Waals surface area (Å²) in [6.45, 7) is 9.69. The van der Waals surface area contributed by atoms with E-state index in [1.807, 2.05) is 4.90 Å². The molecule has 116 valence electrons. The van der Waals surface area contributed by atoms with Gasteiger partial charge in [0.1, 0.15) is 0 Å². The van der Waals surface area contributed by atoms with Gasteiger partial charge < -0.3 is 15.0 Å². The van der Waals surface area contributed by atoms with Crippen molar-refractivity contribution in [2.45, 2.75) is 65.0 Å². The first kappa shape index (κ1) is 15.8. The van der Waals surface area contributed by atoms with Gasteiger partial charge in [-0.3, -0.25) is 4.79 Å². The van der Waals surface area contributed by atoms with E-state index >= 15 is 0 Å². The fourth-order valence-electron chi connectivity index (χ4n) is 3.53. The third kappa shape index (κ3) is 3.17. The molecule has 4 heteroatoms. The van der Waals surface area contributed by atoms with Crippen LogP contribution < -0.4 is 5.32 Å². The second-order valence-corrected chi connectivity index (χ2v) is 6.41. The van der Waals surface area contributed by atoms with Gasteiger partial charge >= 0.3 is 0 Å². The third-order valence-corrected chi connectivity index (χ3v) is 5.32. The van der Waals surface area contributed by atoms with Crippen LogP contribution in [0.5, 0.6) is 0 Å². The van der Waals surface area contributed by atoms with Crippen LogP contribution in [0.1, 0.15) is 52.9 Å². The van der Waals surface area contributed by atoms with Crippen molar-refractivity contribution in [2.24, 2.45) is 5.41 Å². The lowest BCUT2D eigenvalue weighted by molar-refractivity contribution is -0.138. The van der Waals surface area contributed by atoms with Crippen molar-refractivity contribution in [1.29, 1.82) is 0 Å². The highest BCUT2D eigenvalue weighted by Crippen LogP contribution is 2.45. The van der Waals surface area contributed by atoms with Gasteiger partial charge in [-0.05, 0) is 39.0 Å². The van der Waals surface area contributed by atoms with E-state index in [4.69, 9.17) is 4.74 Å². The zero-order chi connectivity index (χ0) is 14.6. The topological polar surface area (TPSA) is 41.6 Å². The third-order valence-electron chi connectivity index (χ3n) is 5.32. The average molecular weight is 282 g/mol. The smallest absolute Gasteiger partial charge is 0.236 e. The van der Waals surface area contributed by atoms with Crippen molar-refractivity contribution in [3.63, 3.8) is 0 Å². The lowest BCUT2D eigenvalue weighted by atomic mass is 9.61. The number of likely N-dealkylation sites (tertiary alicyclic amines) is 1. The average Bonchev–Trinajstić information content (AvgIpc) is 2.49. The van der Waals surface area contributed by atoms with E-state index in [0.717, 1.165) is 45.4 Å². The highest BCUT2D eigenvalue weighted by Gasteiger charge is 2.50. The first-order chi connectivity index (χ1) is 9.61. The first-order valence-corrected chi connectivity index (χ1v) is 8.24. The second kappa shape index (κ2) is 6.90. The molecule has 1 N–H and O–H groups in total. The number of hydrogen-bond donors (Lipinski definition) is 1. The molecule has 1 heterocycles. The lowest BCUT2D eigenvalue weighted by Crippen LogP contribution is -2.63. The van der Waals surface area contributed by atoms with E-state index in [2.05, 4.69) is 26.1 Å². The van der Waals surface area contributed by atoms with E-state index in [1.165, 1.54) is 6.42 Å². The minimum atomic E-state index is 0.179. The van der Waals surface area contributed by atoms with Gasteiger partial charge in [0.2, 0.25) is 5.91 Å². The number of carbonyl (C=O) groups excluding carboxylic acids is 1. The summed E-state index contributed by atoms with van der Waals surface area (Å²) in [5.74, 6) is 0.267. The van der Waals surface area contributed by atoms with Gasteiger partial charge in [-0.2, -0.15) is 0 Å². The predicted molar refractivity (Wildman–Crippen MR) is 80.7 cm³/mol. The monoisotopic (exact) mass is 282 g/mol. The van der Waals surface area contributed by atoms with Gasteiger partial charge in [0, 0.05) is 31.2 Å². The quantitative estimate of drug-likeness (QED) is 0.812. The van der Waals surface area contributed by atoms with Crippen LogP contribution in [0.2, 0.25) is 0 Å². The molecule has 1 amide bonds. The van der Waals surface area contributed by atoms with Crippen LogP contribution in [0, 0.1) is 5.41 Å². The van der Waals surface area contributed by atoms with Crippen LogP contribution in [-0.2, 0) is 9.53 Å². The molecule has 1 aliphatic heterocycles. The van der Waals surface area contributed by atoms with Crippen molar-refractivity contribution < 1.29 is 9.53 Å². The summed E-state index contributed by atoms with van der Waals surface area (Å²) in [5, 5.41) is 3.47. The Bertz CT molecular complexity index is 328. The molecule has 0 aromatic heterocycles. The Kier molecular flexibility index (Phi) is 5.44. The lowest BCUT2D eigenvalue weighted by Gasteiger charge is -2.53. The maximum atomic E-state index is 12.2. The molecule has 1 aliphatic carbocycles. The molecule has 0 spiro atoms. The van der Waals surface area contributed by atoms with Crippen LogP contribution in [0.15, 0.2) is 0 Å². The minimum Gasteiger partial charge on any atom is -0.378 e. The summed E-state index contributed by atoms with van der Waals surface area (Å²) in [4.78, 5) is 14.2. The molecule has 20 heavy (non-hydrogen) atoms. The molecule has 2 fully saturated rings. The summed E-state index contributed by atoms with van der Waals surface area (Å²) in [6, 6.07) is 0.415. The fourth-order valence-corrected chi connectivity index (χ4v) is 3.53. The highest BCUT2D eigenvalue weighted by atomic mass is 16.5. The Morgan fingerprint density at radius 2 is 2.00 bits per heavy atom. The molecule has 3 atom stereocenters. The van der Waals surface area contributed by atoms with Gasteiger partial charge in [0.25, 0.3) is 0 Å². The van der Waals surface area contributed by atoms with Gasteiger partial charge in [-0.1, -0.05) is 13.8 Å². The Hall–Kier alpha value is -0.610. The molecule has 0 aromatic carbocycles. The Morgan fingerprint density at radius 1 is 1.30 bits per heavy atom. The summed E-state index contributed by atoms with van der Waals surface area (Å²) < 4.78 is 5.80. The zero-order valence-electron chi connectivity index (χ0n) is 13.3. The van der Waals surface area contributed by atoms with E-state index in [0.29, 0.717) is 18.7 Å². The summed E-state index contributed by atoms with van der Waals surface area (Å²) in [7, 11) is 0. The highest BCUT2D eigenvalue weighted by molar-refractivity contribution is 5.78. The van der Waals surface area contributed by atoms with Crippen molar-refractivity contribution in [3.8, 4) is 0 Å². The largest absolute Gasteiger partial charge is 0.378 e. The molecule has 0 radical (unpaired) electrons. The molecular formula is C16H30N2O2. The van der Waals surface area contributed by atoms with Crippen molar-refractivity contribution in [2.75, 3.05) is 26.2 Å². The number of rotatable bonds is 6. The molecule has 0 bridgehead atoms. The predicted octanol–water partition coefficient (Wildman–Crippen LogP) is 2.18. The zero-order valence-corrected chi connectivity index (χ0v) is 13.3. The van der Waals surface area contributed by atoms with Crippen LogP contribution in [0.4, 0.5) is 0 Å². The minimum absolute atomic E-state index is 0.179. The van der Waals surface area contributed by atoms with E-state index in [1.54, 1.807) is 0 Å². The van der Waals surface area contributed by atoms with Crippen LogP contribution in [-0.4, -0.2) is 49.2 Å². The summed E-state index contributed by atoms with van der Waals surface area (Å²) >= 11 is 0. The molecule has 2 rings (SSSR count). The maximum absolute atomic E-state index is 12.2. The number of nitrogens with zero attached hydrogens (tertiary/aromatic N) is 1. The molecule has 2 aliphatic rings. The normalized spacial score (nSPS) is 33.9. The number of ether oxygens (including phenoxy) is 1. The first-order valence-electron chi connectivity index (χ1n) is 8.24. The SMILES string of the molecule is CCOC1CC(NCC(=O)N2CCCCC2)C1(C)CC. The molecule has 1 saturated carbocycles. The number of amides is 1. The van der Waals surface area contributed by atoms with Gasteiger partial charge in [0.15, 0.2) is 0 Å². The van der Waals surface area contributed by atoms with Crippen LogP contribution in [0.25, 0.3) is 0 Å². The standard InChI is InChI=1S/C16H30N2O2/c1-4-16(3)13(11-14(16)20-5-2)17-12-15(19)18-9-7-6-8-10-18/h13-14,17H,4-12H2,1-3H3. The number of carbonyl (C=O) groups is 1. The number of piperidine rings is 1. The molecule has 1 saturated heterocycles. The Labute approximate surface area is 123 Å². The second-order valence-electron chi connectivity index (χ2n) is 6.41. The van der Waals surface area contributed by atoms with Crippen molar-refractivity contribution in [1.82, 2.24) is 10.2 Å². The van der Waals surface area contributed by atoms with Crippen LogP contribution >= 0.6 is 0 Å². The summed E-state index contributed by atoms with van der Waals surface area (Å²) in [6.07, 6.45) is 6.06. The fraction of sp³-hybridized carbons (Fsp3) is 0.938. The number of hydrogen-bond acceptors (Lipinski definition) is 3. The molecule has 3 unspecified atom stereocenters. The Morgan fingerprint density at radius 3 is 2.60 bits per heavy atom. The van der Waals surface area contributed by atoms with Gasteiger partial charge in [-0.15, -0.1) is 0 Å². The summed E-state index contributed by atoms with van der Waals surface area (Å²) in [5.41, 5.74) is 0.179. The Balaban J connectivity index is 1.77. The van der Waals surface area contributed by atoms with Crippen molar-refractivity contribution >= 4 is 5.91 Å². The van der Waals surface area contributed by atoms with E-state index in [9.17, 15) is 4.79 Å². The van der Waals surface area contributed by atoms with Crippen LogP contribution in [0.3, 0.4) is 0 Å².